The van der Waals surface area contributed by atoms with Crippen LogP contribution in [0.2, 0.25) is 0 Å². The summed E-state index contributed by atoms with van der Waals surface area (Å²) < 4.78 is 26.5. The third kappa shape index (κ3) is 4.76. The maximum atomic E-state index is 13.8. The normalized spacial score (nSPS) is 15.1. The average Bonchev–Trinajstić information content (AvgIpc) is 3.22. The molecule has 1 aromatic heterocycles. The molecule has 9 heteroatoms. The van der Waals surface area contributed by atoms with E-state index in [4.69, 9.17) is 9.47 Å². The summed E-state index contributed by atoms with van der Waals surface area (Å²) in [5.74, 6) is 0.383. The van der Waals surface area contributed by atoms with Crippen molar-refractivity contribution in [3.8, 4) is 11.5 Å². The van der Waals surface area contributed by atoms with Gasteiger partial charge >= 0.3 is 0 Å². The number of benzene rings is 3. The number of para-hydroxylation sites is 1. The maximum absolute atomic E-state index is 13.8. The number of methoxy groups -OCH3 is 2. The molecule has 0 saturated heterocycles. The molecule has 1 aliphatic heterocycles. The lowest BCUT2D eigenvalue weighted by Gasteiger charge is -2.25. The van der Waals surface area contributed by atoms with Gasteiger partial charge in [0.15, 0.2) is 4.80 Å². The monoisotopic (exact) mass is 529 g/mol. The highest BCUT2D eigenvalue weighted by Crippen LogP contribution is 2.31. The highest BCUT2D eigenvalue weighted by atomic mass is 32.1. The zero-order valence-electron chi connectivity index (χ0n) is 20.9. The topological polar surface area (TPSA) is 81.9 Å². The van der Waals surface area contributed by atoms with Gasteiger partial charge in [0.05, 0.1) is 36.1 Å². The summed E-state index contributed by atoms with van der Waals surface area (Å²) in [5.41, 5.74) is 2.31. The molecule has 0 fully saturated rings. The Bertz CT molecular complexity index is 1720. The first-order valence-corrected chi connectivity index (χ1v) is 12.6. The molecule has 4 aromatic rings. The number of halogens is 1. The van der Waals surface area contributed by atoms with Gasteiger partial charge in [-0.3, -0.25) is 14.2 Å². The van der Waals surface area contributed by atoms with Gasteiger partial charge in [-0.25, -0.2) is 9.38 Å². The number of carbonyl (C=O) groups is 1. The van der Waals surface area contributed by atoms with E-state index in [9.17, 15) is 14.0 Å². The summed E-state index contributed by atoms with van der Waals surface area (Å²) in [5, 5.41) is 2.90. The molecule has 0 unspecified atom stereocenters. The van der Waals surface area contributed by atoms with E-state index in [1.165, 1.54) is 28.0 Å². The summed E-state index contributed by atoms with van der Waals surface area (Å²) in [6.07, 6.45) is 1.72. The lowest BCUT2D eigenvalue weighted by atomic mass is 9.95. The van der Waals surface area contributed by atoms with E-state index in [-0.39, 0.29) is 5.56 Å². The Morgan fingerprint density at radius 1 is 1.05 bits per heavy atom. The highest BCUT2D eigenvalue weighted by molar-refractivity contribution is 7.07. The Hall–Kier alpha value is -4.50. The van der Waals surface area contributed by atoms with Gasteiger partial charge in [-0.15, -0.1) is 0 Å². The number of allylic oxidation sites excluding steroid dienone is 1. The van der Waals surface area contributed by atoms with Crippen LogP contribution in [0.15, 0.2) is 93.9 Å². The molecule has 7 nitrogen and oxygen atoms in total. The second-order valence-electron chi connectivity index (χ2n) is 8.56. The van der Waals surface area contributed by atoms with E-state index in [0.29, 0.717) is 48.9 Å². The molecule has 0 radical (unpaired) electrons. The number of hydrogen-bond donors (Lipinski definition) is 1. The van der Waals surface area contributed by atoms with E-state index in [1.54, 1.807) is 69.7 Å². The van der Waals surface area contributed by atoms with E-state index in [1.807, 2.05) is 18.2 Å². The summed E-state index contributed by atoms with van der Waals surface area (Å²) in [7, 11) is 3.11. The van der Waals surface area contributed by atoms with Crippen LogP contribution in [0.25, 0.3) is 6.08 Å². The van der Waals surface area contributed by atoms with Crippen molar-refractivity contribution in [3.63, 3.8) is 0 Å². The van der Waals surface area contributed by atoms with Crippen LogP contribution in [-0.2, 0) is 4.79 Å². The van der Waals surface area contributed by atoms with Crippen LogP contribution in [0.1, 0.15) is 24.1 Å². The van der Waals surface area contributed by atoms with Gasteiger partial charge in [0.1, 0.15) is 17.3 Å². The molecule has 0 spiro atoms. The number of anilines is 1. The van der Waals surface area contributed by atoms with Crippen molar-refractivity contribution in [2.24, 2.45) is 4.99 Å². The number of fused-ring (bicyclic) bond motifs is 1. The zero-order valence-corrected chi connectivity index (χ0v) is 21.7. The van der Waals surface area contributed by atoms with Crippen molar-refractivity contribution in [1.82, 2.24) is 4.57 Å². The first-order chi connectivity index (χ1) is 18.4. The van der Waals surface area contributed by atoms with Crippen LogP contribution in [0.4, 0.5) is 10.1 Å². The summed E-state index contributed by atoms with van der Waals surface area (Å²) >= 11 is 1.20. The van der Waals surface area contributed by atoms with Crippen LogP contribution in [0.5, 0.6) is 11.5 Å². The predicted octanol–water partition coefficient (Wildman–Crippen LogP) is 4.03. The van der Waals surface area contributed by atoms with E-state index in [2.05, 4.69) is 10.3 Å². The van der Waals surface area contributed by atoms with Gasteiger partial charge in [0, 0.05) is 11.3 Å². The van der Waals surface area contributed by atoms with Crippen molar-refractivity contribution in [2.45, 2.75) is 13.0 Å². The first kappa shape index (κ1) is 25.2. The second-order valence-corrected chi connectivity index (χ2v) is 9.57. The third-order valence-corrected chi connectivity index (χ3v) is 7.19. The van der Waals surface area contributed by atoms with Crippen LogP contribution in [0.3, 0.4) is 0 Å². The van der Waals surface area contributed by atoms with E-state index >= 15 is 0 Å². The molecule has 1 amide bonds. The lowest BCUT2D eigenvalue weighted by Crippen LogP contribution is -2.40. The summed E-state index contributed by atoms with van der Waals surface area (Å²) in [6, 6.07) is 19.3. The lowest BCUT2D eigenvalue weighted by molar-refractivity contribution is -0.113. The average molecular weight is 530 g/mol. The standard InChI is InChI=1S/C29H24FN3O4S/c1-17-25(27(34)32-21-7-5-4-6-8-21)26(18-9-11-20(30)12-10-18)33-28(35)24(38-29(33)31-17)16-19-15-22(36-2)13-14-23(19)37-3/h4-16,26H,1-3H3,(H,32,34)/b24-16+/t26-/m0/s1. The fourth-order valence-electron chi connectivity index (χ4n) is 4.39. The van der Waals surface area contributed by atoms with Crippen LogP contribution in [0, 0.1) is 5.82 Å². The van der Waals surface area contributed by atoms with Crippen LogP contribution >= 0.6 is 11.3 Å². The van der Waals surface area contributed by atoms with Gasteiger partial charge < -0.3 is 14.8 Å². The zero-order chi connectivity index (χ0) is 26.8. The van der Waals surface area contributed by atoms with Gasteiger partial charge in [-0.1, -0.05) is 41.7 Å². The Morgan fingerprint density at radius 3 is 2.47 bits per heavy atom. The molecular formula is C29H24FN3O4S. The van der Waals surface area contributed by atoms with Gasteiger partial charge in [0.25, 0.3) is 11.5 Å². The molecule has 0 saturated carbocycles. The fourth-order valence-corrected chi connectivity index (χ4v) is 5.42. The van der Waals surface area contributed by atoms with Crippen molar-refractivity contribution in [1.29, 1.82) is 0 Å². The molecule has 1 N–H and O–H groups in total. The SMILES string of the molecule is COc1ccc(OC)c(/C=c2/sc3n(c2=O)[C@@H](c2ccc(F)cc2)C(C(=O)Nc2ccccc2)=C(C)N=3)c1. The number of amides is 1. The van der Waals surface area contributed by atoms with Crippen molar-refractivity contribution < 1.29 is 18.7 Å². The molecule has 1 aliphatic rings. The quantitative estimate of drug-likeness (QED) is 0.409. The number of ether oxygens (including phenoxy) is 2. The molecule has 0 bridgehead atoms. The minimum atomic E-state index is -0.801. The molecule has 2 heterocycles. The van der Waals surface area contributed by atoms with Gasteiger partial charge in [0.2, 0.25) is 0 Å². The first-order valence-electron chi connectivity index (χ1n) is 11.8. The maximum Gasteiger partial charge on any atom is 0.271 e. The largest absolute Gasteiger partial charge is 0.497 e. The molecule has 5 rings (SSSR count). The van der Waals surface area contributed by atoms with E-state index in [0.717, 1.165) is 0 Å². The number of thiazole rings is 1. The number of carbonyl (C=O) groups excluding carboxylic acids is 1. The summed E-state index contributed by atoms with van der Waals surface area (Å²) in [6.45, 7) is 1.73. The second kappa shape index (κ2) is 10.5. The third-order valence-electron chi connectivity index (χ3n) is 6.21. The van der Waals surface area contributed by atoms with Gasteiger partial charge in [-0.05, 0) is 61.0 Å². The number of rotatable bonds is 6. The van der Waals surface area contributed by atoms with Crippen molar-refractivity contribution >= 4 is 29.0 Å². The predicted molar refractivity (Wildman–Crippen MR) is 145 cm³/mol. The van der Waals surface area contributed by atoms with Gasteiger partial charge in [-0.2, -0.15) is 0 Å². The minimum Gasteiger partial charge on any atom is -0.497 e. The van der Waals surface area contributed by atoms with Crippen molar-refractivity contribution in [2.75, 3.05) is 19.5 Å². The Morgan fingerprint density at radius 2 is 1.79 bits per heavy atom. The molecule has 1 atom stereocenters. The van der Waals surface area contributed by atoms with E-state index < -0.39 is 17.8 Å². The smallest absolute Gasteiger partial charge is 0.271 e. The molecule has 192 valence electrons. The number of nitrogens with one attached hydrogen (secondary N) is 1. The summed E-state index contributed by atoms with van der Waals surface area (Å²) in [4.78, 5) is 32.5. The molecule has 0 aliphatic carbocycles. The molecule has 38 heavy (non-hydrogen) atoms. The van der Waals surface area contributed by atoms with Crippen molar-refractivity contribution in [3.05, 3.63) is 121 Å². The van der Waals surface area contributed by atoms with Crippen LogP contribution < -0.4 is 29.7 Å². The Labute approximate surface area is 221 Å². The Kier molecular flexibility index (Phi) is 6.93. The molecular weight excluding hydrogens is 505 g/mol. The van der Waals surface area contributed by atoms with Crippen LogP contribution in [-0.4, -0.2) is 24.7 Å². The number of hydrogen-bond acceptors (Lipinski definition) is 6. The highest BCUT2D eigenvalue weighted by Gasteiger charge is 2.32. The fraction of sp³-hybridized carbons (Fsp3) is 0.138. The minimum absolute atomic E-state index is 0.304. The number of nitrogens with zero attached hydrogens (tertiary/aromatic N) is 2. The molecule has 3 aromatic carbocycles. The number of aromatic nitrogens is 1. The Balaban J connectivity index is 1.69.